The number of hydrogen-bond acceptors (Lipinski definition) is 7. The summed E-state index contributed by atoms with van der Waals surface area (Å²) >= 11 is 0. The van der Waals surface area contributed by atoms with Crippen molar-refractivity contribution >= 4 is 18.0 Å². The maximum absolute atomic E-state index is 11.5. The van der Waals surface area contributed by atoms with Gasteiger partial charge in [-0.2, -0.15) is 5.10 Å². The third kappa shape index (κ3) is 6.30. The molecular weight excluding hydrogens is 386 g/mol. The third-order valence-corrected chi connectivity index (χ3v) is 4.24. The molecule has 10 heteroatoms. The minimum atomic E-state index is -0.854. The standard InChI is InChI=1S/C16H19N7O3.C4H8/c1-26-15-10(9-6-21-22-7-9)3-2-4-11(15)23-12(14(18)16(19)25)5-13(17)20-8-24;1-4-2-3-4/h2-8,23H,17-18H2,1H3,(H2,19,25)(H,20,24)(H,21,22);4H,2-3H2,1H3/b13-5+,14-12+;. The van der Waals surface area contributed by atoms with Crippen molar-refractivity contribution in [2.24, 2.45) is 23.1 Å². The number of para-hydroxylation sites is 1. The van der Waals surface area contributed by atoms with Crippen molar-refractivity contribution in [2.45, 2.75) is 19.8 Å². The third-order valence-electron chi connectivity index (χ3n) is 4.24. The largest absolute Gasteiger partial charge is 0.494 e. The summed E-state index contributed by atoms with van der Waals surface area (Å²) in [4.78, 5) is 22.0. The van der Waals surface area contributed by atoms with Crippen molar-refractivity contribution < 1.29 is 14.3 Å². The van der Waals surface area contributed by atoms with Crippen LogP contribution in [0.5, 0.6) is 5.75 Å². The predicted molar refractivity (Wildman–Crippen MR) is 114 cm³/mol. The molecule has 30 heavy (non-hydrogen) atoms. The molecule has 0 unspecified atom stereocenters. The van der Waals surface area contributed by atoms with E-state index in [-0.39, 0.29) is 17.2 Å². The Hall–Kier alpha value is -3.95. The van der Waals surface area contributed by atoms with Crippen molar-refractivity contribution in [3.05, 3.63) is 53.9 Å². The molecule has 160 valence electrons. The average molecular weight is 413 g/mol. The van der Waals surface area contributed by atoms with E-state index in [9.17, 15) is 9.59 Å². The van der Waals surface area contributed by atoms with Gasteiger partial charge >= 0.3 is 0 Å². The Morgan fingerprint density at radius 1 is 1.30 bits per heavy atom. The first kappa shape index (κ1) is 22.3. The number of ether oxygens (including phenoxy) is 1. The Labute approximate surface area is 174 Å². The summed E-state index contributed by atoms with van der Waals surface area (Å²) in [5.41, 5.74) is 18.5. The molecule has 0 radical (unpaired) electrons. The minimum Gasteiger partial charge on any atom is -0.494 e. The molecule has 1 aromatic heterocycles. The molecule has 0 saturated heterocycles. The number of aromatic amines is 1. The van der Waals surface area contributed by atoms with E-state index in [1.807, 2.05) is 6.07 Å². The van der Waals surface area contributed by atoms with Crippen molar-refractivity contribution in [1.82, 2.24) is 15.5 Å². The number of nitrogens with zero attached hydrogens (tertiary/aromatic N) is 1. The molecule has 2 amide bonds. The van der Waals surface area contributed by atoms with E-state index < -0.39 is 5.91 Å². The molecule has 1 aliphatic carbocycles. The summed E-state index contributed by atoms with van der Waals surface area (Å²) in [5.74, 6) is 0.684. The van der Waals surface area contributed by atoms with Crippen LogP contribution in [0.2, 0.25) is 0 Å². The van der Waals surface area contributed by atoms with Gasteiger partial charge in [-0.25, -0.2) is 0 Å². The zero-order valence-electron chi connectivity index (χ0n) is 16.9. The fourth-order valence-electron chi connectivity index (χ4n) is 2.37. The first-order valence-corrected chi connectivity index (χ1v) is 9.27. The number of carbonyl (C=O) groups is 2. The summed E-state index contributed by atoms with van der Waals surface area (Å²) < 4.78 is 5.49. The summed E-state index contributed by atoms with van der Waals surface area (Å²) in [7, 11) is 1.50. The van der Waals surface area contributed by atoms with E-state index >= 15 is 0 Å². The van der Waals surface area contributed by atoms with Crippen LogP contribution in [0.4, 0.5) is 5.69 Å². The van der Waals surface area contributed by atoms with Crippen LogP contribution in [-0.4, -0.2) is 29.6 Å². The zero-order chi connectivity index (χ0) is 22.1. The van der Waals surface area contributed by atoms with Gasteiger partial charge in [0.25, 0.3) is 5.91 Å². The Morgan fingerprint density at radius 3 is 2.50 bits per heavy atom. The van der Waals surface area contributed by atoms with E-state index in [1.54, 1.807) is 24.5 Å². The quantitative estimate of drug-likeness (QED) is 0.213. The molecule has 1 fully saturated rings. The number of aromatic nitrogens is 2. The second-order valence-corrected chi connectivity index (χ2v) is 6.73. The number of benzene rings is 1. The topological polar surface area (TPSA) is 174 Å². The molecule has 1 saturated carbocycles. The highest BCUT2D eigenvalue weighted by Gasteiger charge is 2.15. The molecule has 1 heterocycles. The summed E-state index contributed by atoms with van der Waals surface area (Å²) in [6.07, 6.45) is 7.99. The molecule has 0 bridgehead atoms. The fraction of sp³-hybridized carbons (Fsp3) is 0.250. The van der Waals surface area contributed by atoms with Crippen LogP contribution >= 0.6 is 0 Å². The first-order chi connectivity index (χ1) is 14.4. The van der Waals surface area contributed by atoms with Crippen LogP contribution in [0, 0.1) is 5.92 Å². The van der Waals surface area contributed by atoms with Crippen molar-refractivity contribution in [2.75, 3.05) is 12.4 Å². The molecule has 2 aromatic rings. The predicted octanol–water partition coefficient (Wildman–Crippen LogP) is 1.12. The van der Waals surface area contributed by atoms with Crippen LogP contribution in [0.3, 0.4) is 0 Å². The van der Waals surface area contributed by atoms with Gasteiger partial charge in [0.05, 0.1) is 24.7 Å². The molecule has 10 nitrogen and oxygen atoms in total. The molecule has 1 aromatic carbocycles. The van der Waals surface area contributed by atoms with Crippen molar-refractivity contribution in [3.63, 3.8) is 0 Å². The number of rotatable bonds is 8. The molecule has 3 rings (SSSR count). The van der Waals surface area contributed by atoms with Crippen LogP contribution in [-0.2, 0) is 9.59 Å². The maximum atomic E-state index is 11.5. The van der Waals surface area contributed by atoms with E-state index in [2.05, 4.69) is 27.8 Å². The Balaban J connectivity index is 0.000000713. The second-order valence-electron chi connectivity index (χ2n) is 6.73. The number of allylic oxidation sites excluding steroid dienone is 1. The van der Waals surface area contributed by atoms with Gasteiger partial charge in [-0.3, -0.25) is 14.7 Å². The molecule has 0 atom stereocenters. The van der Waals surface area contributed by atoms with Gasteiger partial charge in [-0.15, -0.1) is 0 Å². The summed E-state index contributed by atoms with van der Waals surface area (Å²) in [5, 5.41) is 11.9. The van der Waals surface area contributed by atoms with Gasteiger partial charge in [-0.05, 0) is 12.0 Å². The number of anilines is 1. The molecule has 9 N–H and O–H groups in total. The van der Waals surface area contributed by atoms with Crippen molar-refractivity contribution in [3.8, 4) is 16.9 Å². The summed E-state index contributed by atoms with van der Waals surface area (Å²) in [6, 6.07) is 5.34. The van der Waals surface area contributed by atoms with Crippen LogP contribution in [0.15, 0.2) is 53.9 Å². The van der Waals surface area contributed by atoms with Crippen LogP contribution in [0.25, 0.3) is 11.1 Å². The number of hydrogen-bond donors (Lipinski definition) is 6. The second kappa shape index (κ2) is 10.6. The first-order valence-electron chi connectivity index (χ1n) is 9.27. The Kier molecular flexibility index (Phi) is 7.86. The highest BCUT2D eigenvalue weighted by Crippen LogP contribution is 2.36. The lowest BCUT2D eigenvalue weighted by Gasteiger charge is -2.16. The zero-order valence-corrected chi connectivity index (χ0v) is 16.9. The van der Waals surface area contributed by atoms with E-state index in [0.29, 0.717) is 17.8 Å². The normalized spacial score (nSPS) is 14.0. The number of nitrogens with two attached hydrogens (primary N) is 3. The maximum Gasteiger partial charge on any atom is 0.266 e. The highest BCUT2D eigenvalue weighted by molar-refractivity contribution is 5.93. The highest BCUT2D eigenvalue weighted by atomic mass is 16.5. The SMILES string of the molecule is CC1CC1.COc1c(NC(/C=C(\N)NC=O)=C(/N)C(N)=O)cccc1-c1cn[nH]c1. The number of nitrogens with one attached hydrogen (secondary N) is 3. The van der Waals surface area contributed by atoms with Crippen molar-refractivity contribution in [1.29, 1.82) is 0 Å². The molecule has 1 aliphatic rings. The van der Waals surface area contributed by atoms with Gasteiger partial charge in [0, 0.05) is 23.4 Å². The monoisotopic (exact) mass is 413 g/mol. The molecule has 0 spiro atoms. The minimum absolute atomic E-state index is 0.0309. The lowest BCUT2D eigenvalue weighted by atomic mass is 10.1. The van der Waals surface area contributed by atoms with Crippen LogP contribution in [0.1, 0.15) is 19.8 Å². The number of H-pyrrole nitrogens is 1. The average Bonchev–Trinajstić information content (AvgIpc) is 3.31. The Morgan fingerprint density at radius 2 is 2.00 bits per heavy atom. The number of primary amides is 1. The van der Waals surface area contributed by atoms with E-state index in [0.717, 1.165) is 17.0 Å². The van der Waals surface area contributed by atoms with E-state index in [1.165, 1.54) is 26.0 Å². The summed E-state index contributed by atoms with van der Waals surface area (Å²) in [6.45, 7) is 2.28. The molecular formula is C20H27N7O3. The van der Waals surface area contributed by atoms with Gasteiger partial charge < -0.3 is 32.6 Å². The number of amides is 2. The smallest absolute Gasteiger partial charge is 0.266 e. The molecule has 0 aliphatic heterocycles. The lowest BCUT2D eigenvalue weighted by molar-refractivity contribution is -0.114. The van der Waals surface area contributed by atoms with Gasteiger partial charge in [0.2, 0.25) is 6.41 Å². The Bertz CT molecular complexity index is 932. The van der Waals surface area contributed by atoms with E-state index in [4.69, 9.17) is 21.9 Å². The lowest BCUT2D eigenvalue weighted by Crippen LogP contribution is -2.25. The van der Waals surface area contributed by atoms with Gasteiger partial charge in [-0.1, -0.05) is 31.9 Å². The number of methoxy groups -OCH3 is 1. The number of carbonyl (C=O) groups excluding carboxylic acids is 2. The fourth-order valence-corrected chi connectivity index (χ4v) is 2.37. The van der Waals surface area contributed by atoms with Crippen LogP contribution < -0.4 is 32.6 Å². The van der Waals surface area contributed by atoms with Gasteiger partial charge in [0.15, 0.2) is 0 Å². The van der Waals surface area contributed by atoms with Gasteiger partial charge in [0.1, 0.15) is 17.3 Å².